The van der Waals surface area contributed by atoms with Gasteiger partial charge in [0.2, 0.25) is 5.91 Å². The molecular formula is C22H23NO3. The van der Waals surface area contributed by atoms with Crippen LogP contribution in [-0.2, 0) is 17.8 Å². The Bertz CT molecular complexity index is 1020. The van der Waals surface area contributed by atoms with Gasteiger partial charge in [0.05, 0.1) is 0 Å². The highest BCUT2D eigenvalue weighted by molar-refractivity contribution is 5.82. The molecule has 4 heteroatoms. The van der Waals surface area contributed by atoms with Crippen molar-refractivity contribution >= 4 is 16.9 Å². The molecule has 0 saturated carbocycles. The lowest BCUT2D eigenvalue weighted by atomic mass is 10.0. The zero-order valence-corrected chi connectivity index (χ0v) is 15.4. The van der Waals surface area contributed by atoms with Crippen LogP contribution in [-0.4, -0.2) is 5.91 Å². The number of hydrogen-bond acceptors (Lipinski definition) is 3. The lowest BCUT2D eigenvalue weighted by Crippen LogP contribution is -2.24. The third-order valence-electron chi connectivity index (χ3n) is 4.78. The molecule has 0 bridgehead atoms. The average Bonchev–Trinajstić information content (AvgIpc) is 2.60. The van der Waals surface area contributed by atoms with Crippen molar-refractivity contribution in [3.05, 3.63) is 80.7 Å². The fraction of sp³-hybridized carbons (Fsp3) is 0.273. The van der Waals surface area contributed by atoms with Crippen LogP contribution in [0.15, 0.2) is 51.7 Å². The van der Waals surface area contributed by atoms with Gasteiger partial charge in [-0.15, -0.1) is 0 Å². The monoisotopic (exact) mass is 349 g/mol. The Kier molecular flexibility index (Phi) is 5.21. The SMILES string of the molecule is Cc1ccc2c(C)c(CCC(=O)NCc3ccccc3C)c(=O)oc2c1. The van der Waals surface area contributed by atoms with E-state index in [9.17, 15) is 9.59 Å². The summed E-state index contributed by atoms with van der Waals surface area (Å²) in [6.07, 6.45) is 0.631. The number of rotatable bonds is 5. The Balaban J connectivity index is 1.69. The Morgan fingerprint density at radius 3 is 2.62 bits per heavy atom. The molecule has 1 amide bonds. The number of aryl methyl sites for hydroxylation is 3. The second-order valence-corrected chi connectivity index (χ2v) is 6.70. The highest BCUT2D eigenvalue weighted by Crippen LogP contribution is 2.21. The smallest absolute Gasteiger partial charge is 0.339 e. The summed E-state index contributed by atoms with van der Waals surface area (Å²) in [5.41, 5.74) is 5.00. The molecule has 1 N–H and O–H groups in total. The van der Waals surface area contributed by atoms with Crippen molar-refractivity contribution in [3.63, 3.8) is 0 Å². The second kappa shape index (κ2) is 7.56. The Hall–Kier alpha value is -2.88. The highest BCUT2D eigenvalue weighted by Gasteiger charge is 2.13. The van der Waals surface area contributed by atoms with E-state index in [-0.39, 0.29) is 18.0 Å². The minimum Gasteiger partial charge on any atom is -0.423 e. The molecule has 0 fully saturated rings. The summed E-state index contributed by atoms with van der Waals surface area (Å²) in [6.45, 7) is 6.39. The van der Waals surface area contributed by atoms with Crippen LogP contribution in [0, 0.1) is 20.8 Å². The van der Waals surface area contributed by atoms with Crippen LogP contribution < -0.4 is 10.9 Å². The van der Waals surface area contributed by atoms with E-state index in [4.69, 9.17) is 4.42 Å². The van der Waals surface area contributed by atoms with Gasteiger partial charge >= 0.3 is 5.63 Å². The average molecular weight is 349 g/mol. The van der Waals surface area contributed by atoms with Crippen molar-refractivity contribution in [1.82, 2.24) is 5.32 Å². The minimum atomic E-state index is -0.354. The fourth-order valence-corrected chi connectivity index (χ4v) is 3.12. The van der Waals surface area contributed by atoms with Crippen molar-refractivity contribution in [2.75, 3.05) is 0 Å². The predicted molar refractivity (Wildman–Crippen MR) is 103 cm³/mol. The third-order valence-corrected chi connectivity index (χ3v) is 4.78. The minimum absolute atomic E-state index is 0.0731. The number of benzene rings is 2. The maximum absolute atomic E-state index is 12.3. The van der Waals surface area contributed by atoms with Gasteiger partial charge in [0, 0.05) is 23.9 Å². The molecule has 3 aromatic rings. The van der Waals surface area contributed by atoms with E-state index in [0.29, 0.717) is 24.1 Å². The maximum Gasteiger partial charge on any atom is 0.339 e. The first-order valence-electron chi connectivity index (χ1n) is 8.80. The van der Waals surface area contributed by atoms with Crippen molar-refractivity contribution in [1.29, 1.82) is 0 Å². The first kappa shape index (κ1) is 17.9. The lowest BCUT2D eigenvalue weighted by molar-refractivity contribution is -0.121. The third kappa shape index (κ3) is 3.85. The second-order valence-electron chi connectivity index (χ2n) is 6.70. The van der Waals surface area contributed by atoms with Crippen molar-refractivity contribution in [3.8, 4) is 0 Å². The summed E-state index contributed by atoms with van der Waals surface area (Å²) in [6, 6.07) is 13.8. The molecule has 0 aliphatic heterocycles. The van der Waals surface area contributed by atoms with Crippen LogP contribution in [0.1, 0.15) is 34.2 Å². The molecule has 3 rings (SSSR count). The summed E-state index contributed by atoms with van der Waals surface area (Å²) in [5, 5.41) is 3.84. The van der Waals surface area contributed by atoms with Gasteiger partial charge in [0.25, 0.3) is 0 Å². The van der Waals surface area contributed by atoms with Crippen LogP contribution in [0.3, 0.4) is 0 Å². The van der Waals surface area contributed by atoms with Crippen LogP contribution >= 0.6 is 0 Å². The molecule has 0 aliphatic rings. The van der Waals surface area contributed by atoms with Crippen LogP contribution in [0.25, 0.3) is 11.0 Å². The summed E-state index contributed by atoms with van der Waals surface area (Å²) >= 11 is 0. The van der Waals surface area contributed by atoms with Crippen molar-refractivity contribution in [2.45, 2.75) is 40.2 Å². The number of carbonyl (C=O) groups is 1. The molecule has 134 valence electrons. The molecule has 1 heterocycles. The Morgan fingerprint density at radius 1 is 1.08 bits per heavy atom. The Labute approximate surface area is 152 Å². The van der Waals surface area contributed by atoms with E-state index in [2.05, 4.69) is 5.32 Å². The molecule has 26 heavy (non-hydrogen) atoms. The van der Waals surface area contributed by atoms with E-state index in [1.54, 1.807) is 0 Å². The zero-order chi connectivity index (χ0) is 18.7. The first-order chi connectivity index (χ1) is 12.5. The van der Waals surface area contributed by atoms with E-state index in [0.717, 1.165) is 27.6 Å². The first-order valence-corrected chi connectivity index (χ1v) is 8.80. The summed E-state index contributed by atoms with van der Waals surface area (Å²) in [4.78, 5) is 24.5. The lowest BCUT2D eigenvalue weighted by Gasteiger charge is -2.10. The van der Waals surface area contributed by atoms with E-state index >= 15 is 0 Å². The number of nitrogens with one attached hydrogen (secondary N) is 1. The van der Waals surface area contributed by atoms with Crippen molar-refractivity contribution in [2.24, 2.45) is 0 Å². The van der Waals surface area contributed by atoms with E-state index in [1.807, 2.05) is 63.2 Å². The highest BCUT2D eigenvalue weighted by atomic mass is 16.4. The largest absolute Gasteiger partial charge is 0.423 e. The van der Waals surface area contributed by atoms with Crippen LogP contribution in [0.4, 0.5) is 0 Å². The summed E-state index contributed by atoms with van der Waals surface area (Å²) in [5.74, 6) is -0.0731. The quantitative estimate of drug-likeness (QED) is 0.709. The van der Waals surface area contributed by atoms with Crippen molar-refractivity contribution < 1.29 is 9.21 Å². The molecular weight excluding hydrogens is 326 g/mol. The van der Waals surface area contributed by atoms with Gasteiger partial charge in [0.1, 0.15) is 5.58 Å². The van der Waals surface area contributed by atoms with E-state index in [1.165, 1.54) is 0 Å². The van der Waals surface area contributed by atoms with E-state index < -0.39 is 0 Å². The molecule has 4 nitrogen and oxygen atoms in total. The fourth-order valence-electron chi connectivity index (χ4n) is 3.12. The molecule has 0 atom stereocenters. The number of fused-ring (bicyclic) bond motifs is 1. The predicted octanol–water partition coefficient (Wildman–Crippen LogP) is 3.97. The molecule has 0 spiro atoms. The summed E-state index contributed by atoms with van der Waals surface area (Å²) < 4.78 is 5.44. The molecule has 1 aromatic heterocycles. The Morgan fingerprint density at radius 2 is 1.85 bits per heavy atom. The van der Waals surface area contributed by atoms with Gasteiger partial charge in [-0.1, -0.05) is 36.4 Å². The van der Waals surface area contributed by atoms with Gasteiger partial charge in [-0.2, -0.15) is 0 Å². The van der Waals surface area contributed by atoms with Gasteiger partial charge in [-0.05, 0) is 55.5 Å². The number of amides is 1. The molecule has 0 radical (unpaired) electrons. The van der Waals surface area contributed by atoms with Gasteiger partial charge in [0.15, 0.2) is 0 Å². The van der Waals surface area contributed by atoms with Gasteiger partial charge in [-0.25, -0.2) is 4.79 Å². The normalized spacial score (nSPS) is 10.9. The molecule has 0 unspecified atom stereocenters. The number of hydrogen-bond donors (Lipinski definition) is 1. The molecule has 0 aliphatic carbocycles. The van der Waals surface area contributed by atoms with Crippen LogP contribution in [0.5, 0.6) is 0 Å². The molecule has 0 saturated heterocycles. The zero-order valence-electron chi connectivity index (χ0n) is 15.4. The standard InChI is InChI=1S/C22H23NO3/c1-14-8-9-18-16(3)19(22(25)26-20(18)12-14)10-11-21(24)23-13-17-7-5-4-6-15(17)2/h4-9,12H,10-11,13H2,1-3H3,(H,23,24). The maximum atomic E-state index is 12.3. The molecule has 2 aromatic carbocycles. The topological polar surface area (TPSA) is 59.3 Å². The van der Waals surface area contributed by atoms with Crippen LogP contribution in [0.2, 0.25) is 0 Å². The van der Waals surface area contributed by atoms with Gasteiger partial charge < -0.3 is 9.73 Å². The summed E-state index contributed by atoms with van der Waals surface area (Å²) in [7, 11) is 0. The van der Waals surface area contributed by atoms with Gasteiger partial charge in [-0.3, -0.25) is 4.79 Å². The number of carbonyl (C=O) groups excluding carboxylic acids is 1.